The van der Waals surface area contributed by atoms with Crippen LogP contribution >= 0.6 is 11.3 Å². The quantitative estimate of drug-likeness (QED) is 0.557. The minimum absolute atomic E-state index is 0.194. The SMILES string of the molecule is CN=C(NCCc1ncc(C)s1)NCCC1CCCN(C(=O)OC(C)(C)C)C1. The van der Waals surface area contributed by atoms with Crippen LogP contribution in [0.15, 0.2) is 11.2 Å². The van der Waals surface area contributed by atoms with Crippen molar-refractivity contribution in [3.05, 3.63) is 16.1 Å². The number of aryl methyl sites for hydroxylation is 1. The molecule has 0 bridgehead atoms. The van der Waals surface area contributed by atoms with E-state index in [1.54, 1.807) is 18.4 Å². The highest BCUT2D eigenvalue weighted by Crippen LogP contribution is 2.21. The third-order valence-electron chi connectivity index (χ3n) is 4.54. The molecule has 1 atom stereocenters. The van der Waals surface area contributed by atoms with E-state index >= 15 is 0 Å². The molecule has 1 aromatic heterocycles. The molecule has 1 fully saturated rings. The van der Waals surface area contributed by atoms with Crippen molar-refractivity contribution in [3.8, 4) is 0 Å². The Morgan fingerprint density at radius 2 is 2.14 bits per heavy atom. The van der Waals surface area contributed by atoms with Crippen molar-refractivity contribution < 1.29 is 9.53 Å². The average molecular weight is 410 g/mol. The first kappa shape index (κ1) is 22.5. The summed E-state index contributed by atoms with van der Waals surface area (Å²) in [6.45, 7) is 11.0. The van der Waals surface area contributed by atoms with Crippen LogP contribution < -0.4 is 10.6 Å². The van der Waals surface area contributed by atoms with Crippen molar-refractivity contribution >= 4 is 23.4 Å². The molecule has 0 spiro atoms. The first-order valence-electron chi connectivity index (χ1n) is 10.1. The molecular weight excluding hydrogens is 374 g/mol. The van der Waals surface area contributed by atoms with Gasteiger partial charge in [-0.25, -0.2) is 9.78 Å². The molecule has 158 valence electrons. The van der Waals surface area contributed by atoms with Gasteiger partial charge in [-0.2, -0.15) is 0 Å². The number of nitrogens with zero attached hydrogens (tertiary/aromatic N) is 3. The van der Waals surface area contributed by atoms with Crippen LogP contribution in [-0.4, -0.2) is 60.8 Å². The number of thiazole rings is 1. The van der Waals surface area contributed by atoms with Crippen molar-refractivity contribution in [2.75, 3.05) is 33.2 Å². The van der Waals surface area contributed by atoms with Gasteiger partial charge in [0.05, 0.1) is 5.01 Å². The van der Waals surface area contributed by atoms with Gasteiger partial charge >= 0.3 is 6.09 Å². The number of piperidine rings is 1. The molecule has 1 unspecified atom stereocenters. The summed E-state index contributed by atoms with van der Waals surface area (Å²) in [6.07, 6.45) is 5.80. The van der Waals surface area contributed by atoms with E-state index < -0.39 is 5.60 Å². The molecule has 2 rings (SSSR count). The number of aromatic nitrogens is 1. The number of amides is 1. The third kappa shape index (κ3) is 8.04. The van der Waals surface area contributed by atoms with E-state index in [4.69, 9.17) is 4.74 Å². The molecule has 1 aromatic rings. The average Bonchev–Trinajstić information content (AvgIpc) is 3.04. The molecule has 28 heavy (non-hydrogen) atoms. The zero-order chi connectivity index (χ0) is 20.6. The summed E-state index contributed by atoms with van der Waals surface area (Å²) in [5.41, 5.74) is -0.443. The van der Waals surface area contributed by atoms with Gasteiger partial charge in [-0.05, 0) is 52.9 Å². The number of carbonyl (C=O) groups excluding carboxylic acids is 1. The van der Waals surface area contributed by atoms with Crippen LogP contribution in [0.3, 0.4) is 0 Å². The Morgan fingerprint density at radius 3 is 2.79 bits per heavy atom. The van der Waals surface area contributed by atoms with Gasteiger partial charge in [-0.1, -0.05) is 0 Å². The molecule has 1 amide bonds. The van der Waals surface area contributed by atoms with Crippen molar-refractivity contribution in [1.29, 1.82) is 0 Å². The van der Waals surface area contributed by atoms with E-state index in [1.165, 1.54) is 4.88 Å². The highest BCUT2D eigenvalue weighted by Gasteiger charge is 2.27. The first-order chi connectivity index (χ1) is 13.3. The predicted octanol–water partition coefficient (Wildman–Crippen LogP) is 3.20. The topological polar surface area (TPSA) is 78.9 Å². The van der Waals surface area contributed by atoms with E-state index in [9.17, 15) is 4.79 Å². The molecule has 1 aliphatic heterocycles. The Kier molecular flexibility index (Phi) is 8.54. The molecule has 1 saturated heterocycles. The Bertz CT molecular complexity index is 653. The molecule has 7 nitrogen and oxygen atoms in total. The van der Waals surface area contributed by atoms with Crippen molar-refractivity contribution in [2.24, 2.45) is 10.9 Å². The number of hydrogen-bond donors (Lipinski definition) is 2. The fourth-order valence-corrected chi connectivity index (χ4v) is 4.00. The summed E-state index contributed by atoms with van der Waals surface area (Å²) >= 11 is 1.74. The minimum atomic E-state index is -0.443. The summed E-state index contributed by atoms with van der Waals surface area (Å²) < 4.78 is 5.51. The number of carbonyl (C=O) groups is 1. The maximum Gasteiger partial charge on any atom is 0.410 e. The summed E-state index contributed by atoms with van der Waals surface area (Å²) in [7, 11) is 1.79. The highest BCUT2D eigenvalue weighted by molar-refractivity contribution is 7.11. The zero-order valence-electron chi connectivity index (χ0n) is 17.9. The second kappa shape index (κ2) is 10.6. The second-order valence-corrected chi connectivity index (χ2v) is 9.58. The predicted molar refractivity (Wildman–Crippen MR) is 115 cm³/mol. The van der Waals surface area contributed by atoms with Gasteiger partial charge in [0.25, 0.3) is 0 Å². The maximum absolute atomic E-state index is 12.3. The molecule has 0 aromatic carbocycles. The molecule has 2 N–H and O–H groups in total. The number of likely N-dealkylation sites (tertiary alicyclic amines) is 1. The van der Waals surface area contributed by atoms with Crippen LogP contribution in [0, 0.1) is 12.8 Å². The van der Waals surface area contributed by atoms with Crippen LogP contribution in [0.5, 0.6) is 0 Å². The number of rotatable bonds is 6. The molecule has 8 heteroatoms. The van der Waals surface area contributed by atoms with Crippen LogP contribution in [0.1, 0.15) is 49.9 Å². The van der Waals surface area contributed by atoms with Gasteiger partial charge in [-0.15, -0.1) is 11.3 Å². The summed E-state index contributed by atoms with van der Waals surface area (Å²) in [5.74, 6) is 1.30. The second-order valence-electron chi connectivity index (χ2n) is 8.26. The fraction of sp³-hybridized carbons (Fsp3) is 0.750. The van der Waals surface area contributed by atoms with E-state index in [1.807, 2.05) is 31.9 Å². The standard InChI is InChI=1S/C20H35N5O2S/c1-15-13-24-17(28-15)9-11-23-18(21-5)22-10-8-16-7-6-12-25(14-16)19(26)27-20(2,3)4/h13,16H,6-12,14H2,1-5H3,(H2,21,22,23). The Hall–Kier alpha value is -1.83. The Balaban J connectivity index is 1.67. The lowest BCUT2D eigenvalue weighted by molar-refractivity contribution is 0.0162. The molecule has 0 aliphatic carbocycles. The van der Waals surface area contributed by atoms with Gasteiger partial charge in [0, 0.05) is 50.7 Å². The molecule has 2 heterocycles. The van der Waals surface area contributed by atoms with Gasteiger partial charge < -0.3 is 20.3 Å². The first-order valence-corrected chi connectivity index (χ1v) is 10.9. The fourth-order valence-electron chi connectivity index (χ4n) is 3.21. The van der Waals surface area contributed by atoms with Crippen LogP contribution in [-0.2, 0) is 11.2 Å². The lowest BCUT2D eigenvalue weighted by Gasteiger charge is -2.34. The number of aliphatic imine (C=N–C) groups is 1. The summed E-state index contributed by atoms with van der Waals surface area (Å²) in [6, 6.07) is 0. The normalized spacial score (nSPS) is 18.1. The number of guanidine groups is 1. The van der Waals surface area contributed by atoms with Crippen LogP contribution in [0.25, 0.3) is 0 Å². The largest absolute Gasteiger partial charge is 0.444 e. The highest BCUT2D eigenvalue weighted by atomic mass is 32.1. The van der Waals surface area contributed by atoms with Gasteiger partial charge in [0.1, 0.15) is 5.60 Å². The van der Waals surface area contributed by atoms with E-state index in [2.05, 4.69) is 27.5 Å². The van der Waals surface area contributed by atoms with Gasteiger partial charge in [0.15, 0.2) is 5.96 Å². The third-order valence-corrected chi connectivity index (χ3v) is 5.51. The monoisotopic (exact) mass is 409 g/mol. The van der Waals surface area contributed by atoms with Crippen molar-refractivity contribution in [3.63, 3.8) is 0 Å². The molecular formula is C20H35N5O2S. The lowest BCUT2D eigenvalue weighted by Crippen LogP contribution is -2.44. The number of ether oxygens (including phenoxy) is 1. The van der Waals surface area contributed by atoms with Crippen LogP contribution in [0.2, 0.25) is 0 Å². The maximum atomic E-state index is 12.3. The molecule has 0 saturated carbocycles. The Morgan fingerprint density at radius 1 is 1.39 bits per heavy atom. The smallest absolute Gasteiger partial charge is 0.410 e. The summed E-state index contributed by atoms with van der Waals surface area (Å²) in [4.78, 5) is 24.0. The zero-order valence-corrected chi connectivity index (χ0v) is 18.7. The van der Waals surface area contributed by atoms with Gasteiger partial charge in [-0.3, -0.25) is 4.99 Å². The van der Waals surface area contributed by atoms with E-state index in [0.29, 0.717) is 5.92 Å². The van der Waals surface area contributed by atoms with Crippen LogP contribution in [0.4, 0.5) is 4.79 Å². The number of nitrogens with one attached hydrogen (secondary N) is 2. The molecule has 1 aliphatic rings. The van der Waals surface area contributed by atoms with Crippen molar-refractivity contribution in [2.45, 2.75) is 59.0 Å². The lowest BCUT2D eigenvalue weighted by atomic mass is 9.95. The van der Waals surface area contributed by atoms with Crippen molar-refractivity contribution in [1.82, 2.24) is 20.5 Å². The Labute approximate surface area is 173 Å². The molecule has 0 radical (unpaired) electrons. The van der Waals surface area contributed by atoms with E-state index in [-0.39, 0.29) is 6.09 Å². The summed E-state index contributed by atoms with van der Waals surface area (Å²) in [5, 5.41) is 7.86. The van der Waals surface area contributed by atoms with E-state index in [0.717, 1.165) is 62.8 Å². The van der Waals surface area contributed by atoms with Gasteiger partial charge in [0.2, 0.25) is 0 Å². The minimum Gasteiger partial charge on any atom is -0.444 e. The number of hydrogen-bond acceptors (Lipinski definition) is 5.